The number of nitrogens with zero attached hydrogens (tertiary/aromatic N) is 2. The second kappa shape index (κ2) is 8.77. The molecular formula is C17H18ClN3O4S. The SMILES string of the molecule is CC(=O)NCCN(C(=O)c1csc(-c2cccc(Cl)c2)n1)C(C)C(=O)O. The number of aliphatic carboxylic acids is 1. The number of nitrogens with one attached hydrogen (secondary N) is 1. The largest absolute Gasteiger partial charge is 0.480 e. The molecule has 2 amide bonds. The average molecular weight is 396 g/mol. The third-order valence-electron chi connectivity index (χ3n) is 3.61. The number of rotatable bonds is 7. The van der Waals surface area contributed by atoms with E-state index in [0.717, 1.165) is 5.56 Å². The molecular weight excluding hydrogens is 378 g/mol. The maximum Gasteiger partial charge on any atom is 0.326 e. The van der Waals surface area contributed by atoms with Crippen LogP contribution in [0.4, 0.5) is 0 Å². The van der Waals surface area contributed by atoms with Gasteiger partial charge in [0.05, 0.1) is 0 Å². The second-order valence-corrected chi connectivity index (χ2v) is 6.84. The van der Waals surface area contributed by atoms with Crippen LogP contribution in [0.2, 0.25) is 5.02 Å². The van der Waals surface area contributed by atoms with E-state index in [1.165, 1.54) is 30.1 Å². The van der Waals surface area contributed by atoms with Crippen molar-refractivity contribution in [1.82, 2.24) is 15.2 Å². The lowest BCUT2D eigenvalue weighted by atomic mass is 10.2. The molecule has 2 N–H and O–H groups in total. The zero-order valence-electron chi connectivity index (χ0n) is 14.2. The van der Waals surface area contributed by atoms with Gasteiger partial charge in [0.2, 0.25) is 5.91 Å². The van der Waals surface area contributed by atoms with E-state index in [-0.39, 0.29) is 24.7 Å². The summed E-state index contributed by atoms with van der Waals surface area (Å²) in [4.78, 5) is 40.6. The van der Waals surface area contributed by atoms with E-state index in [2.05, 4.69) is 10.3 Å². The summed E-state index contributed by atoms with van der Waals surface area (Å²) in [6, 6.07) is 6.04. The highest BCUT2D eigenvalue weighted by Crippen LogP contribution is 2.26. The maximum absolute atomic E-state index is 12.7. The fourth-order valence-corrected chi connectivity index (χ4v) is 3.21. The van der Waals surface area contributed by atoms with Crippen LogP contribution >= 0.6 is 22.9 Å². The minimum Gasteiger partial charge on any atom is -0.480 e. The first-order valence-corrected chi connectivity index (χ1v) is 9.05. The Hall–Kier alpha value is -2.45. The van der Waals surface area contributed by atoms with Gasteiger partial charge in [-0.25, -0.2) is 9.78 Å². The third-order valence-corrected chi connectivity index (χ3v) is 4.73. The summed E-state index contributed by atoms with van der Waals surface area (Å²) in [7, 11) is 0. The number of hydrogen-bond donors (Lipinski definition) is 2. The number of thiazole rings is 1. The van der Waals surface area contributed by atoms with Gasteiger partial charge in [-0.15, -0.1) is 11.3 Å². The highest BCUT2D eigenvalue weighted by molar-refractivity contribution is 7.13. The molecule has 1 aromatic heterocycles. The maximum atomic E-state index is 12.7. The van der Waals surface area contributed by atoms with Gasteiger partial charge in [-0.3, -0.25) is 9.59 Å². The van der Waals surface area contributed by atoms with Gasteiger partial charge < -0.3 is 15.3 Å². The summed E-state index contributed by atoms with van der Waals surface area (Å²) in [5.74, 6) is -1.89. The number of hydrogen-bond acceptors (Lipinski definition) is 5. The quantitative estimate of drug-likeness (QED) is 0.750. The minimum atomic E-state index is -1.13. The zero-order valence-corrected chi connectivity index (χ0v) is 15.8. The van der Waals surface area contributed by atoms with E-state index in [0.29, 0.717) is 10.0 Å². The summed E-state index contributed by atoms with van der Waals surface area (Å²) in [5.41, 5.74) is 0.929. The van der Waals surface area contributed by atoms with Crippen LogP contribution in [-0.4, -0.2) is 51.9 Å². The predicted molar refractivity (Wildman–Crippen MR) is 99.4 cm³/mol. The normalized spacial score (nSPS) is 11.7. The highest BCUT2D eigenvalue weighted by atomic mass is 35.5. The van der Waals surface area contributed by atoms with Gasteiger partial charge in [0.15, 0.2) is 0 Å². The molecule has 0 saturated heterocycles. The van der Waals surface area contributed by atoms with Crippen molar-refractivity contribution in [2.75, 3.05) is 13.1 Å². The van der Waals surface area contributed by atoms with Crippen LogP contribution in [0, 0.1) is 0 Å². The van der Waals surface area contributed by atoms with Crippen LogP contribution in [0.1, 0.15) is 24.3 Å². The van der Waals surface area contributed by atoms with Crippen molar-refractivity contribution in [2.24, 2.45) is 0 Å². The lowest BCUT2D eigenvalue weighted by Crippen LogP contribution is -2.46. The van der Waals surface area contributed by atoms with Crippen molar-refractivity contribution in [3.63, 3.8) is 0 Å². The minimum absolute atomic E-state index is 0.0654. The standard InChI is InChI=1S/C17H18ClN3O4S/c1-10(17(24)25)21(7-6-19-11(2)22)16(23)14-9-26-15(20-14)12-4-3-5-13(18)8-12/h3-5,8-10H,6-7H2,1-2H3,(H,19,22)(H,24,25). The molecule has 1 aromatic carbocycles. The van der Waals surface area contributed by atoms with Gasteiger partial charge in [-0.05, 0) is 19.1 Å². The molecule has 138 valence electrons. The first-order valence-electron chi connectivity index (χ1n) is 7.79. The molecule has 0 fully saturated rings. The van der Waals surface area contributed by atoms with Crippen LogP contribution in [0.15, 0.2) is 29.6 Å². The summed E-state index contributed by atoms with van der Waals surface area (Å²) in [6.45, 7) is 2.99. The van der Waals surface area contributed by atoms with Gasteiger partial charge in [0, 0.05) is 36.0 Å². The Morgan fingerprint density at radius 2 is 2.12 bits per heavy atom. The Labute approximate surface area is 159 Å². The van der Waals surface area contributed by atoms with Gasteiger partial charge in [-0.2, -0.15) is 0 Å². The van der Waals surface area contributed by atoms with Crippen molar-refractivity contribution < 1.29 is 19.5 Å². The van der Waals surface area contributed by atoms with E-state index in [4.69, 9.17) is 11.6 Å². The molecule has 0 aliphatic rings. The molecule has 26 heavy (non-hydrogen) atoms. The highest BCUT2D eigenvalue weighted by Gasteiger charge is 2.27. The molecule has 2 aromatic rings. The number of halogens is 1. The van der Waals surface area contributed by atoms with Crippen LogP contribution in [0.5, 0.6) is 0 Å². The number of carbonyl (C=O) groups excluding carboxylic acids is 2. The number of carboxylic acid groups (broad SMARTS) is 1. The number of carbonyl (C=O) groups is 3. The van der Waals surface area contributed by atoms with E-state index in [1.807, 2.05) is 6.07 Å². The topological polar surface area (TPSA) is 99.6 Å². The molecule has 1 atom stereocenters. The van der Waals surface area contributed by atoms with Crippen molar-refractivity contribution in [2.45, 2.75) is 19.9 Å². The summed E-state index contributed by atoms with van der Waals surface area (Å²) in [5, 5.41) is 14.6. The molecule has 2 rings (SSSR count). The average Bonchev–Trinajstić information content (AvgIpc) is 3.07. The first-order chi connectivity index (χ1) is 12.3. The molecule has 9 heteroatoms. The molecule has 0 spiro atoms. The van der Waals surface area contributed by atoms with Crippen LogP contribution in [-0.2, 0) is 9.59 Å². The summed E-state index contributed by atoms with van der Waals surface area (Å²) in [6.07, 6.45) is 0. The molecule has 0 saturated carbocycles. The molecule has 1 heterocycles. The van der Waals surface area contributed by atoms with Crippen LogP contribution in [0.25, 0.3) is 10.6 Å². The van der Waals surface area contributed by atoms with Crippen molar-refractivity contribution in [3.8, 4) is 10.6 Å². The van der Waals surface area contributed by atoms with Gasteiger partial charge in [0.25, 0.3) is 5.91 Å². The lowest BCUT2D eigenvalue weighted by molar-refractivity contribution is -0.141. The molecule has 0 radical (unpaired) electrons. The Morgan fingerprint density at radius 1 is 1.38 bits per heavy atom. The summed E-state index contributed by atoms with van der Waals surface area (Å²) < 4.78 is 0. The van der Waals surface area contributed by atoms with Crippen molar-refractivity contribution >= 4 is 40.7 Å². The fourth-order valence-electron chi connectivity index (χ4n) is 2.23. The molecule has 7 nitrogen and oxygen atoms in total. The first kappa shape index (κ1) is 19.9. The van der Waals surface area contributed by atoms with Crippen molar-refractivity contribution in [1.29, 1.82) is 0 Å². The molecule has 0 aliphatic carbocycles. The molecule has 1 unspecified atom stereocenters. The van der Waals surface area contributed by atoms with E-state index in [1.54, 1.807) is 23.6 Å². The number of amides is 2. The second-order valence-electron chi connectivity index (χ2n) is 5.54. The van der Waals surface area contributed by atoms with Gasteiger partial charge in [0.1, 0.15) is 16.7 Å². The summed E-state index contributed by atoms with van der Waals surface area (Å²) >= 11 is 7.25. The van der Waals surface area contributed by atoms with Crippen LogP contribution in [0.3, 0.4) is 0 Å². The van der Waals surface area contributed by atoms with E-state index < -0.39 is 17.9 Å². The third kappa shape index (κ3) is 5.03. The monoisotopic (exact) mass is 395 g/mol. The zero-order chi connectivity index (χ0) is 19.3. The lowest BCUT2D eigenvalue weighted by Gasteiger charge is -2.25. The van der Waals surface area contributed by atoms with E-state index in [9.17, 15) is 19.5 Å². The number of aromatic nitrogens is 1. The van der Waals surface area contributed by atoms with E-state index >= 15 is 0 Å². The molecule has 0 aliphatic heterocycles. The number of carboxylic acids is 1. The Balaban J connectivity index is 2.22. The Bertz CT molecular complexity index is 824. The Morgan fingerprint density at radius 3 is 2.73 bits per heavy atom. The smallest absolute Gasteiger partial charge is 0.326 e. The predicted octanol–water partition coefficient (Wildman–Crippen LogP) is 2.51. The Kier molecular flexibility index (Phi) is 6.70. The number of benzene rings is 1. The van der Waals surface area contributed by atoms with Crippen molar-refractivity contribution in [3.05, 3.63) is 40.4 Å². The van der Waals surface area contributed by atoms with Gasteiger partial charge in [-0.1, -0.05) is 23.7 Å². The fraction of sp³-hybridized carbons (Fsp3) is 0.294. The van der Waals surface area contributed by atoms with Crippen LogP contribution < -0.4 is 5.32 Å². The van der Waals surface area contributed by atoms with Gasteiger partial charge >= 0.3 is 5.97 Å². The molecule has 0 bridgehead atoms.